The number of nitro benzene ring substituents is 1. The Labute approximate surface area is 164 Å². The fourth-order valence-corrected chi connectivity index (χ4v) is 2.16. The number of para-hydroxylation sites is 2. The summed E-state index contributed by atoms with van der Waals surface area (Å²) in [5.41, 5.74) is 4.66. The number of nitrogens with one attached hydrogen (secondary N) is 3. The predicted molar refractivity (Wildman–Crippen MR) is 103 cm³/mol. The molecule has 0 aliphatic rings. The normalized spacial score (nSPS) is 9.75. The molecule has 146 valence electrons. The van der Waals surface area contributed by atoms with Crippen LogP contribution in [0.25, 0.3) is 0 Å². The van der Waals surface area contributed by atoms with Gasteiger partial charge in [0, 0.05) is 17.7 Å². The van der Waals surface area contributed by atoms with Crippen LogP contribution in [0.5, 0.6) is 11.5 Å². The van der Waals surface area contributed by atoms with Crippen LogP contribution >= 0.6 is 12.2 Å². The van der Waals surface area contributed by atoms with Crippen LogP contribution in [0.15, 0.2) is 48.5 Å². The fourth-order valence-electron chi connectivity index (χ4n) is 2.00. The van der Waals surface area contributed by atoms with Crippen LogP contribution in [0, 0.1) is 10.1 Å². The van der Waals surface area contributed by atoms with Crippen LogP contribution in [0.2, 0.25) is 0 Å². The summed E-state index contributed by atoms with van der Waals surface area (Å²) >= 11 is 4.91. The number of carbonyl (C=O) groups excluding carboxylic acids is 2. The zero-order chi connectivity index (χ0) is 20.5. The number of nitro groups is 1. The van der Waals surface area contributed by atoms with Crippen molar-refractivity contribution in [2.45, 2.75) is 0 Å². The molecule has 0 bridgehead atoms. The van der Waals surface area contributed by atoms with Gasteiger partial charge in [0.1, 0.15) is 0 Å². The number of hydrogen-bond acceptors (Lipinski definition) is 7. The summed E-state index contributed by atoms with van der Waals surface area (Å²) in [5, 5.41) is 12.8. The van der Waals surface area contributed by atoms with E-state index in [0.29, 0.717) is 11.5 Å². The third-order valence-electron chi connectivity index (χ3n) is 3.31. The van der Waals surface area contributed by atoms with Gasteiger partial charge in [0.15, 0.2) is 23.2 Å². The van der Waals surface area contributed by atoms with Gasteiger partial charge in [-0.3, -0.25) is 35.9 Å². The molecule has 0 radical (unpaired) electrons. The molecular weight excluding hydrogens is 388 g/mol. The van der Waals surface area contributed by atoms with E-state index in [-0.39, 0.29) is 23.0 Å². The summed E-state index contributed by atoms with van der Waals surface area (Å²) in [6.45, 7) is -0.321. The lowest BCUT2D eigenvalue weighted by Gasteiger charge is -2.12. The van der Waals surface area contributed by atoms with Gasteiger partial charge in [-0.1, -0.05) is 12.1 Å². The van der Waals surface area contributed by atoms with Crippen molar-refractivity contribution in [1.29, 1.82) is 0 Å². The summed E-state index contributed by atoms with van der Waals surface area (Å²) in [7, 11) is 1.48. The largest absolute Gasteiger partial charge is 0.493 e. The first-order valence-electron chi connectivity index (χ1n) is 7.81. The first-order valence-corrected chi connectivity index (χ1v) is 8.22. The molecule has 0 spiro atoms. The molecule has 0 saturated heterocycles. The maximum Gasteiger partial charge on any atom is 0.269 e. The van der Waals surface area contributed by atoms with E-state index in [2.05, 4.69) is 16.2 Å². The summed E-state index contributed by atoms with van der Waals surface area (Å²) in [6.07, 6.45) is 0. The van der Waals surface area contributed by atoms with Gasteiger partial charge in [0.05, 0.1) is 12.0 Å². The van der Waals surface area contributed by atoms with E-state index in [0.717, 1.165) is 0 Å². The minimum absolute atomic E-state index is 0.137. The van der Waals surface area contributed by atoms with Gasteiger partial charge in [0.25, 0.3) is 17.5 Å². The number of amides is 2. The Morgan fingerprint density at radius 1 is 1.07 bits per heavy atom. The van der Waals surface area contributed by atoms with Gasteiger partial charge in [0.2, 0.25) is 0 Å². The number of hydrogen-bond donors (Lipinski definition) is 3. The maximum atomic E-state index is 11.9. The van der Waals surface area contributed by atoms with Gasteiger partial charge < -0.3 is 9.47 Å². The number of rotatable bonds is 6. The van der Waals surface area contributed by atoms with Crippen LogP contribution in [-0.2, 0) is 4.79 Å². The molecule has 28 heavy (non-hydrogen) atoms. The molecule has 0 aliphatic heterocycles. The number of nitrogens with zero attached hydrogens (tertiary/aromatic N) is 1. The molecule has 11 heteroatoms. The number of carbonyl (C=O) groups is 2. The Hall–Kier alpha value is -3.73. The standard InChI is InChI=1S/C17H16N4O6S/c1-26-13-4-2-3-5-14(13)27-10-15(22)18-17(28)20-19-16(23)11-6-8-12(9-7-11)21(24)25/h2-9H,10H2,1H3,(H,19,23)(H2,18,20,22,28). The lowest BCUT2D eigenvalue weighted by Crippen LogP contribution is -2.49. The highest BCUT2D eigenvalue weighted by Gasteiger charge is 2.11. The third kappa shape index (κ3) is 5.92. The zero-order valence-electron chi connectivity index (χ0n) is 14.6. The second-order valence-electron chi connectivity index (χ2n) is 5.20. The molecule has 0 saturated carbocycles. The van der Waals surface area contributed by atoms with E-state index in [1.807, 2.05) is 0 Å². The Morgan fingerprint density at radius 2 is 1.71 bits per heavy atom. The molecule has 2 amide bonds. The highest BCUT2D eigenvalue weighted by atomic mass is 32.1. The molecule has 0 aliphatic carbocycles. The van der Waals surface area contributed by atoms with Gasteiger partial charge in [-0.05, 0) is 36.5 Å². The van der Waals surface area contributed by atoms with E-state index >= 15 is 0 Å². The van der Waals surface area contributed by atoms with Crippen molar-refractivity contribution in [2.75, 3.05) is 13.7 Å². The van der Waals surface area contributed by atoms with E-state index in [1.165, 1.54) is 31.4 Å². The number of non-ortho nitro benzene ring substituents is 1. The van der Waals surface area contributed by atoms with Crippen molar-refractivity contribution < 1.29 is 24.0 Å². The monoisotopic (exact) mass is 404 g/mol. The van der Waals surface area contributed by atoms with Crippen LogP contribution in [-0.4, -0.2) is 35.6 Å². The number of methoxy groups -OCH3 is 1. The van der Waals surface area contributed by atoms with E-state index in [4.69, 9.17) is 21.7 Å². The lowest BCUT2D eigenvalue weighted by molar-refractivity contribution is -0.384. The maximum absolute atomic E-state index is 11.9. The van der Waals surface area contributed by atoms with Crippen molar-refractivity contribution in [3.05, 3.63) is 64.2 Å². The Morgan fingerprint density at radius 3 is 2.32 bits per heavy atom. The second-order valence-corrected chi connectivity index (χ2v) is 5.61. The molecule has 0 atom stereocenters. The topological polar surface area (TPSA) is 132 Å². The summed E-state index contributed by atoms with van der Waals surface area (Å²) < 4.78 is 10.5. The molecular formula is C17H16N4O6S. The fraction of sp³-hybridized carbons (Fsp3) is 0.118. The van der Waals surface area contributed by atoms with Gasteiger partial charge in [-0.15, -0.1) is 0 Å². The Balaban J connectivity index is 1.77. The van der Waals surface area contributed by atoms with Crippen molar-refractivity contribution in [2.24, 2.45) is 0 Å². The van der Waals surface area contributed by atoms with E-state index < -0.39 is 16.7 Å². The van der Waals surface area contributed by atoms with Crippen molar-refractivity contribution in [1.82, 2.24) is 16.2 Å². The number of hydrazine groups is 1. The summed E-state index contributed by atoms with van der Waals surface area (Å²) in [4.78, 5) is 33.8. The van der Waals surface area contributed by atoms with Crippen LogP contribution in [0.3, 0.4) is 0 Å². The van der Waals surface area contributed by atoms with E-state index in [9.17, 15) is 19.7 Å². The number of thiocarbonyl (C=S) groups is 1. The predicted octanol–water partition coefficient (Wildman–Crippen LogP) is 1.32. The average molecular weight is 404 g/mol. The SMILES string of the molecule is COc1ccccc1OCC(=O)NC(=S)NNC(=O)c1ccc([N+](=O)[O-])cc1. The first-order chi connectivity index (χ1) is 13.4. The summed E-state index contributed by atoms with van der Waals surface area (Å²) in [6, 6.07) is 11.8. The lowest BCUT2D eigenvalue weighted by atomic mass is 10.2. The quantitative estimate of drug-likeness (QED) is 0.373. The third-order valence-corrected chi connectivity index (χ3v) is 3.51. The molecule has 0 heterocycles. The van der Waals surface area contributed by atoms with Gasteiger partial charge in [-0.25, -0.2) is 0 Å². The van der Waals surface area contributed by atoms with Crippen molar-refractivity contribution in [3.8, 4) is 11.5 Å². The molecule has 0 fully saturated rings. The highest BCUT2D eigenvalue weighted by molar-refractivity contribution is 7.80. The number of ether oxygens (including phenoxy) is 2. The van der Waals surface area contributed by atoms with Crippen molar-refractivity contribution in [3.63, 3.8) is 0 Å². The van der Waals surface area contributed by atoms with Crippen LogP contribution < -0.4 is 25.6 Å². The average Bonchev–Trinajstić information content (AvgIpc) is 2.70. The van der Waals surface area contributed by atoms with Crippen LogP contribution in [0.4, 0.5) is 5.69 Å². The highest BCUT2D eigenvalue weighted by Crippen LogP contribution is 2.25. The first kappa shape index (κ1) is 20.6. The zero-order valence-corrected chi connectivity index (χ0v) is 15.4. The van der Waals surface area contributed by atoms with Crippen LogP contribution in [0.1, 0.15) is 10.4 Å². The molecule has 2 aromatic rings. The van der Waals surface area contributed by atoms with Gasteiger partial charge >= 0.3 is 0 Å². The molecule has 0 unspecified atom stereocenters. The molecule has 10 nitrogen and oxygen atoms in total. The second kappa shape index (κ2) is 9.83. The molecule has 3 N–H and O–H groups in total. The number of benzene rings is 2. The summed E-state index contributed by atoms with van der Waals surface area (Å²) in [5.74, 6) is -0.262. The minimum atomic E-state index is -0.586. The Bertz CT molecular complexity index is 887. The van der Waals surface area contributed by atoms with Gasteiger partial charge in [-0.2, -0.15) is 0 Å². The smallest absolute Gasteiger partial charge is 0.269 e. The van der Waals surface area contributed by atoms with Crippen molar-refractivity contribution >= 4 is 34.8 Å². The molecule has 0 aromatic heterocycles. The Kier molecular flexibility index (Phi) is 7.22. The van der Waals surface area contributed by atoms with E-state index in [1.54, 1.807) is 24.3 Å². The molecule has 2 aromatic carbocycles. The molecule has 2 rings (SSSR count). The minimum Gasteiger partial charge on any atom is -0.493 e.